The smallest absolute Gasteiger partial charge is 0.0631 e. The van der Waals surface area contributed by atoms with Crippen molar-refractivity contribution in [1.82, 2.24) is 0 Å². The SMILES string of the molecule is CCCCCCC(CCCCCC)CN(CC(CCCCCC)CCCCCC)c1ccc(/C=C/c2ccc([C+](c3ccc(/C=C/c4ccc(N(CC(CCCCCC)CCCCCC)CC(CCCCCC)CCCCCC)cc4)cc3)c3ccc(/C=C/c4ccc(N(CC(CCCCCC)CCCCCC)CC(CCCCCC)CCCCCC)cc4)cc3)cc2)cc1. The predicted molar refractivity (Wildman–Crippen MR) is 589 cm³/mol. The Morgan fingerprint density at radius 1 is 0.162 bits per heavy atom. The number of anilines is 3. The minimum atomic E-state index is 0.752. The van der Waals surface area contributed by atoms with Crippen LogP contribution in [0.5, 0.6) is 0 Å². The molecule has 0 atom stereocenters. The largest absolute Gasteiger partial charge is 0.371 e. The number of nitrogens with zero attached hydrogens (tertiary/aromatic N) is 3. The maximum atomic E-state index is 2.88. The van der Waals surface area contributed by atoms with E-state index < -0.39 is 0 Å². The van der Waals surface area contributed by atoms with Crippen molar-refractivity contribution in [3.8, 4) is 0 Å². The van der Waals surface area contributed by atoms with Gasteiger partial charge in [0.2, 0.25) is 0 Å². The van der Waals surface area contributed by atoms with E-state index in [0.29, 0.717) is 0 Å². The molecule has 0 unspecified atom stereocenters. The van der Waals surface area contributed by atoms with E-state index in [1.807, 2.05) is 0 Å². The second-order valence-electron chi connectivity index (χ2n) is 41.1. The summed E-state index contributed by atoms with van der Waals surface area (Å²) in [6, 6.07) is 57.7. The summed E-state index contributed by atoms with van der Waals surface area (Å²) in [5.41, 5.74) is 15.4. The van der Waals surface area contributed by atoms with E-state index in [9.17, 15) is 0 Å². The Bertz CT molecular complexity index is 3090. The summed E-state index contributed by atoms with van der Waals surface area (Å²) in [6.45, 7) is 35.5. The van der Waals surface area contributed by atoms with Crippen LogP contribution in [-0.4, -0.2) is 39.3 Å². The third-order valence-electron chi connectivity index (χ3n) is 29.2. The van der Waals surface area contributed by atoms with E-state index in [1.165, 1.54) is 498 Å². The van der Waals surface area contributed by atoms with E-state index in [2.05, 4.69) is 280 Å². The zero-order valence-corrected chi connectivity index (χ0v) is 87.3. The second kappa shape index (κ2) is 75.1. The van der Waals surface area contributed by atoms with Crippen LogP contribution in [0.15, 0.2) is 146 Å². The lowest BCUT2D eigenvalue weighted by molar-refractivity contribution is 0.368. The van der Waals surface area contributed by atoms with Crippen molar-refractivity contribution in [1.29, 1.82) is 0 Å². The van der Waals surface area contributed by atoms with Crippen molar-refractivity contribution in [3.05, 3.63) is 202 Å². The molecular formula is C127H204N3+. The summed E-state index contributed by atoms with van der Waals surface area (Å²) in [7, 11) is 0. The summed E-state index contributed by atoms with van der Waals surface area (Å²) < 4.78 is 0. The second-order valence-corrected chi connectivity index (χ2v) is 41.1. The third kappa shape index (κ3) is 49.9. The normalized spacial score (nSPS) is 12.0. The summed E-state index contributed by atoms with van der Waals surface area (Å²) in [5.74, 6) is 5.77. The van der Waals surface area contributed by atoms with Crippen molar-refractivity contribution in [2.75, 3.05) is 54.0 Å². The van der Waals surface area contributed by atoms with Gasteiger partial charge in [0.05, 0.1) is 22.6 Å². The molecule has 3 nitrogen and oxygen atoms in total. The number of rotatable bonds is 84. The highest BCUT2D eigenvalue weighted by Crippen LogP contribution is 2.37. The number of unbranched alkanes of at least 4 members (excludes halogenated alkanes) is 36. The van der Waals surface area contributed by atoms with Gasteiger partial charge in [-0.3, -0.25) is 0 Å². The molecule has 6 aromatic rings. The molecule has 0 aromatic heterocycles. The maximum absolute atomic E-state index is 2.88. The Morgan fingerprint density at radius 2 is 0.285 bits per heavy atom. The van der Waals surface area contributed by atoms with Crippen molar-refractivity contribution >= 4 is 53.5 Å². The number of hydrogen-bond acceptors (Lipinski definition) is 3. The molecule has 0 amide bonds. The Kier molecular flexibility index (Phi) is 65.0. The molecule has 0 aliphatic rings. The van der Waals surface area contributed by atoms with Crippen LogP contribution >= 0.6 is 0 Å². The van der Waals surface area contributed by atoms with Gasteiger partial charge in [-0.25, -0.2) is 0 Å². The molecule has 0 aliphatic carbocycles. The molecule has 0 aliphatic heterocycles. The van der Waals surface area contributed by atoms with E-state index in [0.717, 1.165) is 35.5 Å². The van der Waals surface area contributed by atoms with Crippen molar-refractivity contribution in [2.45, 2.75) is 468 Å². The zero-order valence-electron chi connectivity index (χ0n) is 87.3. The van der Waals surface area contributed by atoms with Gasteiger partial charge in [-0.2, -0.15) is 0 Å². The van der Waals surface area contributed by atoms with Crippen LogP contribution in [0.25, 0.3) is 36.5 Å². The minimum Gasteiger partial charge on any atom is -0.371 e. The van der Waals surface area contributed by atoms with Crippen LogP contribution in [0.3, 0.4) is 0 Å². The summed E-state index contributed by atoms with van der Waals surface area (Å²) in [6.07, 6.45) is 95.6. The van der Waals surface area contributed by atoms with E-state index in [1.54, 1.807) is 0 Å². The molecular weight excluding hydrogens is 1570 g/mol. The average molecular weight is 1770 g/mol. The minimum absolute atomic E-state index is 0.752. The third-order valence-corrected chi connectivity index (χ3v) is 29.2. The van der Waals surface area contributed by atoms with Gasteiger partial charge in [0.1, 0.15) is 0 Å². The van der Waals surface area contributed by atoms with Crippen LogP contribution in [0, 0.1) is 41.4 Å². The molecule has 0 N–H and O–H groups in total. The van der Waals surface area contributed by atoms with Gasteiger partial charge >= 0.3 is 0 Å². The molecule has 0 bridgehead atoms. The van der Waals surface area contributed by atoms with Crippen LogP contribution in [0.2, 0.25) is 0 Å². The topological polar surface area (TPSA) is 9.72 Å². The lowest BCUT2D eigenvalue weighted by Crippen LogP contribution is -2.34. The highest BCUT2D eigenvalue weighted by molar-refractivity contribution is 5.74. The van der Waals surface area contributed by atoms with Crippen molar-refractivity contribution < 1.29 is 0 Å². The molecule has 0 heterocycles. The first-order valence-electron chi connectivity index (χ1n) is 56.8. The molecule has 0 saturated heterocycles. The quantitative estimate of drug-likeness (QED) is 0.0163. The lowest BCUT2D eigenvalue weighted by atomic mass is 9.84. The van der Waals surface area contributed by atoms with Crippen LogP contribution < -0.4 is 14.7 Å². The standard InChI is InChI=1S/C127H204N3/c1-13-25-37-49-61-115(62-50-38-26-14-2)103-128(104-116(63-51-39-27-15-3)64-52-40-28-16-4)124-97-85-112(86-98-124)76-73-109-79-91-121(92-80-109)127(122-93-81-110(82-94-122)74-77-113-87-99-125(100-88-113)129(105-117(65-53-41-29-17-5)66-54-42-30-18-6)106-118(67-55-43-31-19-7)68-56-44-32-20-8)123-95-83-111(84-96-123)75-78-114-89-101-126(102-90-114)130(107-119(69-57-45-33-21-9)70-58-46-34-22-10)108-120(71-59-47-35-23-11)72-60-48-36-24-12/h73-102,115-120H,13-72,103-108H2,1-12H3/q+1/b76-73+,77-74+,78-75+. The van der Waals surface area contributed by atoms with Crippen molar-refractivity contribution in [2.24, 2.45) is 35.5 Å². The zero-order chi connectivity index (χ0) is 92.6. The molecule has 726 valence electrons. The molecule has 6 rings (SSSR count). The van der Waals surface area contributed by atoms with Gasteiger partial charge in [0.15, 0.2) is 0 Å². The van der Waals surface area contributed by atoms with E-state index in [4.69, 9.17) is 0 Å². The predicted octanol–water partition coefficient (Wildman–Crippen LogP) is 41.0. The van der Waals surface area contributed by atoms with E-state index >= 15 is 0 Å². The number of benzene rings is 6. The average Bonchev–Trinajstić information content (AvgIpc) is 0.807. The molecule has 0 spiro atoms. The van der Waals surface area contributed by atoms with Gasteiger partial charge in [-0.1, -0.05) is 464 Å². The van der Waals surface area contributed by atoms with Crippen LogP contribution in [0.1, 0.15) is 518 Å². The fourth-order valence-electron chi connectivity index (χ4n) is 20.8. The molecule has 6 aromatic carbocycles. The Morgan fingerprint density at radius 3 is 0.408 bits per heavy atom. The molecule has 3 heteroatoms. The first kappa shape index (κ1) is 113. The highest BCUT2D eigenvalue weighted by Gasteiger charge is 2.27. The fraction of sp³-hybridized carbons (Fsp3) is 0.661. The maximum Gasteiger partial charge on any atom is 0.0631 e. The van der Waals surface area contributed by atoms with Gasteiger partial charge in [0, 0.05) is 56.3 Å². The molecule has 130 heavy (non-hydrogen) atoms. The summed E-state index contributed by atoms with van der Waals surface area (Å²) in [5, 5.41) is 0. The highest BCUT2D eigenvalue weighted by atomic mass is 15.1. The van der Waals surface area contributed by atoms with Gasteiger partial charge in [0.25, 0.3) is 0 Å². The first-order valence-corrected chi connectivity index (χ1v) is 56.8. The molecule has 0 fully saturated rings. The summed E-state index contributed by atoms with van der Waals surface area (Å²) >= 11 is 0. The molecule has 0 saturated carbocycles. The van der Waals surface area contributed by atoms with Gasteiger partial charge in [-0.05, 0) is 255 Å². The Labute approximate surface area is 807 Å². The first-order chi connectivity index (χ1) is 64.0. The summed E-state index contributed by atoms with van der Waals surface area (Å²) in [4.78, 5) is 8.64. The molecule has 0 radical (unpaired) electrons. The van der Waals surface area contributed by atoms with Crippen LogP contribution in [0.4, 0.5) is 17.1 Å². The monoisotopic (exact) mass is 1770 g/mol. The lowest BCUT2D eigenvalue weighted by Gasteiger charge is -2.33. The van der Waals surface area contributed by atoms with E-state index in [-0.39, 0.29) is 0 Å². The van der Waals surface area contributed by atoms with Crippen molar-refractivity contribution in [3.63, 3.8) is 0 Å². The van der Waals surface area contributed by atoms with Gasteiger partial charge < -0.3 is 14.7 Å². The Hall–Kier alpha value is -6.19. The fourth-order valence-corrected chi connectivity index (χ4v) is 20.8. The Balaban J connectivity index is 1.34. The van der Waals surface area contributed by atoms with Gasteiger partial charge in [-0.15, -0.1) is 0 Å². The van der Waals surface area contributed by atoms with Crippen LogP contribution in [-0.2, 0) is 0 Å². The number of hydrogen-bond donors (Lipinski definition) is 0.